The van der Waals surface area contributed by atoms with Crippen LogP contribution in [-0.2, 0) is 9.53 Å². The summed E-state index contributed by atoms with van der Waals surface area (Å²) in [7, 11) is 3.50. The van der Waals surface area contributed by atoms with Gasteiger partial charge < -0.3 is 20.3 Å². The average Bonchev–Trinajstić information content (AvgIpc) is 3.00. The Morgan fingerprint density at radius 2 is 2.00 bits per heavy atom. The van der Waals surface area contributed by atoms with Crippen LogP contribution in [0.3, 0.4) is 0 Å². The third-order valence-electron chi connectivity index (χ3n) is 3.78. The first kappa shape index (κ1) is 19.7. The van der Waals surface area contributed by atoms with Crippen molar-refractivity contribution >= 4 is 11.9 Å². The van der Waals surface area contributed by atoms with Crippen molar-refractivity contribution in [1.29, 1.82) is 0 Å². The topological polar surface area (TPSA) is 66.0 Å². The number of likely N-dealkylation sites (N-methyl/N-ethyl adjacent to an activating group) is 1. The van der Waals surface area contributed by atoms with Crippen molar-refractivity contribution in [3.63, 3.8) is 0 Å². The summed E-state index contributed by atoms with van der Waals surface area (Å²) in [5, 5.41) is 6.76. The molecule has 0 atom stereocenters. The molecule has 0 heterocycles. The summed E-state index contributed by atoms with van der Waals surface area (Å²) in [5.41, 5.74) is 0. The third kappa shape index (κ3) is 9.43. The number of rotatable bonds is 9. The van der Waals surface area contributed by atoms with Crippen LogP contribution in [0, 0.1) is 5.92 Å². The summed E-state index contributed by atoms with van der Waals surface area (Å²) >= 11 is 0. The highest BCUT2D eigenvalue weighted by Gasteiger charge is 2.16. The molecule has 1 aliphatic carbocycles. The van der Waals surface area contributed by atoms with Gasteiger partial charge in [0.25, 0.3) is 0 Å². The molecule has 1 fully saturated rings. The standard InChI is InChI=1S/C17H34N4O2/c1-14(2)13-23-11-7-10-18-17(19-12-16(22)21(3)4)20-15-8-5-6-9-15/h14-15H,5-13H2,1-4H3,(H2,18,19,20). The van der Waals surface area contributed by atoms with E-state index in [4.69, 9.17) is 4.74 Å². The van der Waals surface area contributed by atoms with Gasteiger partial charge >= 0.3 is 0 Å². The first-order valence-corrected chi connectivity index (χ1v) is 8.81. The van der Waals surface area contributed by atoms with Gasteiger partial charge in [-0.25, -0.2) is 4.99 Å². The lowest BCUT2D eigenvalue weighted by Crippen LogP contribution is -2.43. The quantitative estimate of drug-likeness (QED) is 0.384. The fourth-order valence-electron chi connectivity index (χ4n) is 2.40. The summed E-state index contributed by atoms with van der Waals surface area (Å²) in [6.45, 7) is 6.83. The van der Waals surface area contributed by atoms with Gasteiger partial charge in [-0.05, 0) is 25.2 Å². The summed E-state index contributed by atoms with van der Waals surface area (Å²) in [4.78, 5) is 17.7. The van der Waals surface area contributed by atoms with Crippen molar-refractivity contribution in [3.05, 3.63) is 0 Å². The Labute approximate surface area is 141 Å². The number of carbonyl (C=O) groups excluding carboxylic acids is 1. The van der Waals surface area contributed by atoms with Crippen LogP contribution < -0.4 is 10.6 Å². The predicted octanol–water partition coefficient (Wildman–Crippen LogP) is 1.62. The lowest BCUT2D eigenvalue weighted by Gasteiger charge is -2.18. The zero-order valence-corrected chi connectivity index (χ0v) is 15.2. The minimum absolute atomic E-state index is 0.0118. The molecule has 1 saturated carbocycles. The number of amides is 1. The molecule has 0 aliphatic heterocycles. The van der Waals surface area contributed by atoms with Crippen LogP contribution in [0.4, 0.5) is 0 Å². The number of nitrogens with one attached hydrogen (secondary N) is 2. The fourth-order valence-corrected chi connectivity index (χ4v) is 2.40. The summed E-state index contributed by atoms with van der Waals surface area (Å²) in [6.07, 6.45) is 5.83. The molecule has 0 spiro atoms. The van der Waals surface area contributed by atoms with Crippen molar-refractivity contribution in [2.24, 2.45) is 10.9 Å². The molecule has 0 saturated heterocycles. The van der Waals surface area contributed by atoms with Gasteiger partial charge in [0.15, 0.2) is 5.96 Å². The van der Waals surface area contributed by atoms with Crippen LogP contribution in [0.5, 0.6) is 0 Å². The van der Waals surface area contributed by atoms with E-state index in [2.05, 4.69) is 29.5 Å². The van der Waals surface area contributed by atoms with Crippen molar-refractivity contribution in [2.45, 2.75) is 52.0 Å². The largest absolute Gasteiger partial charge is 0.381 e. The number of guanidine groups is 1. The molecule has 1 amide bonds. The average molecular weight is 326 g/mol. The minimum atomic E-state index is 0.0118. The lowest BCUT2D eigenvalue weighted by molar-refractivity contribution is -0.127. The monoisotopic (exact) mass is 326 g/mol. The molecule has 1 rings (SSSR count). The molecule has 134 valence electrons. The highest BCUT2D eigenvalue weighted by Crippen LogP contribution is 2.17. The van der Waals surface area contributed by atoms with E-state index >= 15 is 0 Å². The lowest BCUT2D eigenvalue weighted by atomic mass is 10.2. The second kappa shape index (κ2) is 11.3. The SMILES string of the molecule is CC(C)COCCCNC(=NCC(=O)N(C)C)NC1CCCC1. The van der Waals surface area contributed by atoms with Gasteiger partial charge in [0.1, 0.15) is 6.54 Å². The zero-order chi connectivity index (χ0) is 17.1. The van der Waals surface area contributed by atoms with E-state index in [1.54, 1.807) is 19.0 Å². The van der Waals surface area contributed by atoms with Crippen LogP contribution in [0.25, 0.3) is 0 Å². The van der Waals surface area contributed by atoms with Crippen LogP contribution in [-0.4, -0.2) is 63.2 Å². The summed E-state index contributed by atoms with van der Waals surface area (Å²) < 4.78 is 5.58. The molecular formula is C17H34N4O2. The molecule has 0 aromatic rings. The van der Waals surface area contributed by atoms with Gasteiger partial charge in [-0.1, -0.05) is 26.7 Å². The van der Waals surface area contributed by atoms with Gasteiger partial charge in [-0.2, -0.15) is 0 Å². The number of hydrogen-bond acceptors (Lipinski definition) is 3. The first-order chi connectivity index (χ1) is 11.0. The molecule has 0 unspecified atom stereocenters. The molecule has 0 bridgehead atoms. The molecule has 23 heavy (non-hydrogen) atoms. The smallest absolute Gasteiger partial charge is 0.243 e. The molecule has 6 nitrogen and oxygen atoms in total. The Morgan fingerprint density at radius 1 is 1.30 bits per heavy atom. The van der Waals surface area contributed by atoms with E-state index < -0.39 is 0 Å². The van der Waals surface area contributed by atoms with Crippen LogP contribution in [0.2, 0.25) is 0 Å². The van der Waals surface area contributed by atoms with Crippen molar-refractivity contribution in [1.82, 2.24) is 15.5 Å². The Bertz CT molecular complexity index is 364. The van der Waals surface area contributed by atoms with Crippen LogP contribution in [0.1, 0.15) is 46.0 Å². The van der Waals surface area contributed by atoms with Crippen molar-refractivity contribution in [3.8, 4) is 0 Å². The molecule has 0 aromatic heterocycles. The number of hydrogen-bond donors (Lipinski definition) is 2. The Kier molecular flexibility index (Phi) is 9.67. The molecule has 0 aromatic carbocycles. The van der Waals surface area contributed by atoms with E-state index in [-0.39, 0.29) is 12.5 Å². The Balaban J connectivity index is 2.34. The van der Waals surface area contributed by atoms with Crippen LogP contribution >= 0.6 is 0 Å². The van der Waals surface area contributed by atoms with Gasteiger partial charge in [0.05, 0.1) is 0 Å². The van der Waals surface area contributed by atoms with E-state index in [0.717, 1.165) is 32.1 Å². The second-order valence-electron chi connectivity index (χ2n) is 6.83. The van der Waals surface area contributed by atoms with Gasteiger partial charge in [-0.3, -0.25) is 4.79 Å². The Morgan fingerprint density at radius 3 is 2.61 bits per heavy atom. The number of nitrogens with zero attached hydrogens (tertiary/aromatic N) is 2. The van der Waals surface area contributed by atoms with Gasteiger partial charge in [0, 0.05) is 39.9 Å². The molecule has 6 heteroatoms. The van der Waals surface area contributed by atoms with Crippen LogP contribution in [0.15, 0.2) is 4.99 Å². The number of carbonyl (C=O) groups is 1. The molecule has 2 N–H and O–H groups in total. The summed E-state index contributed by atoms with van der Waals surface area (Å²) in [5.74, 6) is 1.33. The zero-order valence-electron chi connectivity index (χ0n) is 15.2. The maximum atomic E-state index is 11.7. The Hall–Kier alpha value is -1.30. The normalized spacial score (nSPS) is 16.0. The molecular weight excluding hydrogens is 292 g/mol. The second-order valence-corrected chi connectivity index (χ2v) is 6.83. The number of aliphatic imine (C=N–C) groups is 1. The predicted molar refractivity (Wildman–Crippen MR) is 94.7 cm³/mol. The first-order valence-electron chi connectivity index (χ1n) is 8.81. The third-order valence-corrected chi connectivity index (χ3v) is 3.78. The van der Waals surface area contributed by atoms with E-state index in [0.29, 0.717) is 12.0 Å². The highest BCUT2D eigenvalue weighted by molar-refractivity contribution is 5.84. The molecule has 0 radical (unpaired) electrons. The summed E-state index contributed by atoms with van der Waals surface area (Å²) in [6, 6.07) is 0.480. The van der Waals surface area contributed by atoms with E-state index in [9.17, 15) is 4.79 Å². The molecule has 1 aliphatic rings. The van der Waals surface area contributed by atoms with E-state index in [1.165, 1.54) is 25.7 Å². The van der Waals surface area contributed by atoms with Crippen molar-refractivity contribution in [2.75, 3.05) is 40.4 Å². The fraction of sp³-hybridized carbons (Fsp3) is 0.882. The van der Waals surface area contributed by atoms with Gasteiger partial charge in [0.2, 0.25) is 5.91 Å². The van der Waals surface area contributed by atoms with E-state index in [1.807, 2.05) is 0 Å². The van der Waals surface area contributed by atoms with Crippen molar-refractivity contribution < 1.29 is 9.53 Å². The highest BCUT2D eigenvalue weighted by atomic mass is 16.5. The maximum absolute atomic E-state index is 11.7. The van der Waals surface area contributed by atoms with Gasteiger partial charge in [-0.15, -0.1) is 0 Å². The minimum Gasteiger partial charge on any atom is -0.381 e. The number of ether oxygens (including phenoxy) is 1. The maximum Gasteiger partial charge on any atom is 0.243 e.